The minimum absolute atomic E-state index is 0.0616. The molecule has 2 aliphatic heterocycles. The summed E-state index contributed by atoms with van der Waals surface area (Å²) in [6.07, 6.45) is -0.176. The Bertz CT molecular complexity index is 1160. The van der Waals surface area contributed by atoms with Gasteiger partial charge in [0.05, 0.1) is 29.4 Å². The average molecular weight is 486 g/mol. The van der Waals surface area contributed by atoms with Crippen LogP contribution in [0.3, 0.4) is 0 Å². The molecule has 0 bridgehead atoms. The number of carbonyl (C=O) groups is 2. The molecule has 3 fully saturated rings. The largest absolute Gasteiger partial charge is 0.459 e. The molecule has 2 amide bonds. The number of nitrogens with one attached hydrogen (secondary N) is 1. The van der Waals surface area contributed by atoms with E-state index in [4.69, 9.17) is 9.68 Å². The molecule has 1 aliphatic carbocycles. The molecule has 3 heterocycles. The molecule has 10 heteroatoms. The molecule has 1 aromatic heterocycles. The number of piperidine rings is 1. The van der Waals surface area contributed by atoms with Gasteiger partial charge in [-0.2, -0.15) is 18.4 Å². The summed E-state index contributed by atoms with van der Waals surface area (Å²) >= 11 is 0. The van der Waals surface area contributed by atoms with Crippen LogP contribution in [0.15, 0.2) is 41.0 Å². The van der Waals surface area contributed by atoms with E-state index < -0.39 is 28.6 Å². The van der Waals surface area contributed by atoms with Gasteiger partial charge < -0.3 is 19.5 Å². The van der Waals surface area contributed by atoms with Gasteiger partial charge in [0.25, 0.3) is 5.91 Å². The van der Waals surface area contributed by atoms with Crippen LogP contribution in [0, 0.1) is 22.7 Å². The summed E-state index contributed by atoms with van der Waals surface area (Å²) in [5.74, 6) is -0.497. The van der Waals surface area contributed by atoms with Crippen molar-refractivity contribution in [3.8, 4) is 6.07 Å². The third-order valence-corrected chi connectivity index (χ3v) is 7.46. The fourth-order valence-corrected chi connectivity index (χ4v) is 5.35. The Morgan fingerprint density at radius 2 is 1.91 bits per heavy atom. The van der Waals surface area contributed by atoms with Crippen LogP contribution < -0.4 is 10.2 Å². The van der Waals surface area contributed by atoms with Crippen molar-refractivity contribution in [2.45, 2.75) is 37.9 Å². The molecule has 0 radical (unpaired) electrons. The summed E-state index contributed by atoms with van der Waals surface area (Å²) in [6, 6.07) is 8.79. The molecule has 7 nitrogen and oxygen atoms in total. The zero-order chi connectivity index (χ0) is 24.8. The van der Waals surface area contributed by atoms with E-state index in [0.717, 1.165) is 18.9 Å². The van der Waals surface area contributed by atoms with E-state index in [-0.39, 0.29) is 30.2 Å². The van der Waals surface area contributed by atoms with Gasteiger partial charge in [0.1, 0.15) is 0 Å². The predicted octanol–water partition coefficient (Wildman–Crippen LogP) is 3.81. The van der Waals surface area contributed by atoms with Gasteiger partial charge in [-0.25, -0.2) is 0 Å². The molecule has 2 aromatic rings. The molecule has 2 saturated heterocycles. The van der Waals surface area contributed by atoms with E-state index >= 15 is 0 Å². The summed E-state index contributed by atoms with van der Waals surface area (Å²) in [5.41, 5.74) is -1.42. The number of alkyl halides is 3. The highest BCUT2D eigenvalue weighted by atomic mass is 19.4. The van der Waals surface area contributed by atoms with Gasteiger partial charge >= 0.3 is 6.18 Å². The van der Waals surface area contributed by atoms with Crippen LogP contribution in [0.1, 0.15) is 47.4 Å². The first kappa shape index (κ1) is 23.3. The lowest BCUT2D eigenvalue weighted by atomic mass is 9.70. The Kier molecular flexibility index (Phi) is 5.74. The molecular weight excluding hydrogens is 461 g/mol. The van der Waals surface area contributed by atoms with Crippen molar-refractivity contribution in [1.29, 1.82) is 5.26 Å². The Morgan fingerprint density at radius 3 is 2.51 bits per heavy atom. The van der Waals surface area contributed by atoms with E-state index in [1.54, 1.807) is 23.1 Å². The van der Waals surface area contributed by atoms with Crippen LogP contribution in [-0.4, -0.2) is 48.9 Å². The van der Waals surface area contributed by atoms with Crippen molar-refractivity contribution in [2.75, 3.05) is 31.1 Å². The molecule has 1 saturated carbocycles. The summed E-state index contributed by atoms with van der Waals surface area (Å²) in [6.45, 7) is 1.57. The maximum Gasteiger partial charge on any atom is 0.417 e. The number of halogens is 3. The number of likely N-dealkylation sites (tertiary alicyclic amines) is 1. The van der Waals surface area contributed by atoms with E-state index in [1.807, 2.05) is 4.90 Å². The second-order valence-corrected chi connectivity index (χ2v) is 9.69. The third kappa shape index (κ3) is 4.47. The van der Waals surface area contributed by atoms with Crippen LogP contribution in [-0.2, 0) is 11.0 Å². The molecule has 1 N–H and O–H groups in total. The minimum Gasteiger partial charge on any atom is -0.459 e. The summed E-state index contributed by atoms with van der Waals surface area (Å²) in [7, 11) is 0. The highest BCUT2D eigenvalue weighted by Gasteiger charge is 2.53. The van der Waals surface area contributed by atoms with Gasteiger partial charge in [-0.15, -0.1) is 0 Å². The highest BCUT2D eigenvalue weighted by molar-refractivity contribution is 5.92. The first-order valence-electron chi connectivity index (χ1n) is 11.7. The smallest absolute Gasteiger partial charge is 0.417 e. The first-order chi connectivity index (χ1) is 16.7. The molecule has 184 valence electrons. The third-order valence-electron chi connectivity index (χ3n) is 7.46. The zero-order valence-electron chi connectivity index (χ0n) is 19.0. The van der Waals surface area contributed by atoms with E-state index in [9.17, 15) is 22.8 Å². The normalized spacial score (nSPS) is 21.7. The monoisotopic (exact) mass is 486 g/mol. The van der Waals surface area contributed by atoms with Gasteiger partial charge in [-0.1, -0.05) is 0 Å². The minimum atomic E-state index is -4.62. The molecule has 1 atom stereocenters. The lowest BCUT2D eigenvalue weighted by Gasteiger charge is -2.43. The van der Waals surface area contributed by atoms with Crippen molar-refractivity contribution in [3.05, 3.63) is 53.5 Å². The predicted molar refractivity (Wildman–Crippen MR) is 119 cm³/mol. The number of hydrogen-bond donors (Lipinski definition) is 1. The van der Waals surface area contributed by atoms with Gasteiger partial charge in [-0.05, 0) is 56.0 Å². The number of rotatable bonds is 4. The van der Waals surface area contributed by atoms with Crippen molar-refractivity contribution >= 4 is 17.5 Å². The quantitative estimate of drug-likeness (QED) is 0.710. The first-order valence-corrected chi connectivity index (χ1v) is 11.7. The van der Waals surface area contributed by atoms with Gasteiger partial charge in [0, 0.05) is 43.3 Å². The Hall–Kier alpha value is -3.48. The SMILES string of the molecule is N#Cc1ccc(N2CCC3(CC2)CN(C(=O)c2ccco2)CC3C(=O)NC2CC2)cc1C(F)(F)F. The van der Waals surface area contributed by atoms with Crippen LogP contribution >= 0.6 is 0 Å². The Morgan fingerprint density at radius 1 is 1.17 bits per heavy atom. The zero-order valence-corrected chi connectivity index (χ0v) is 19.0. The van der Waals surface area contributed by atoms with Gasteiger partial charge in [0.15, 0.2) is 5.76 Å². The van der Waals surface area contributed by atoms with E-state index in [1.165, 1.54) is 18.4 Å². The second kappa shape index (κ2) is 8.63. The molecule has 1 unspecified atom stereocenters. The van der Waals surface area contributed by atoms with Crippen LogP contribution in [0.2, 0.25) is 0 Å². The maximum absolute atomic E-state index is 13.4. The summed E-state index contributed by atoms with van der Waals surface area (Å²) in [4.78, 5) is 29.6. The standard InChI is InChI=1S/C25H25F3N4O3/c26-25(27,28)19-12-18(6-3-16(19)13-29)31-9-7-24(8-10-31)15-32(23(34)21-2-1-11-35-21)14-20(24)22(33)30-17-4-5-17/h1-3,6,11-12,17,20H,4-5,7-10,14-15H2,(H,30,33). The average Bonchev–Trinajstić information content (AvgIpc) is 3.33. The number of hydrogen-bond acceptors (Lipinski definition) is 5. The summed E-state index contributed by atoms with van der Waals surface area (Å²) < 4.78 is 45.6. The number of benzene rings is 1. The van der Waals surface area contributed by atoms with Crippen LogP contribution in [0.5, 0.6) is 0 Å². The van der Waals surface area contributed by atoms with Crippen molar-refractivity contribution in [3.63, 3.8) is 0 Å². The topological polar surface area (TPSA) is 89.6 Å². The molecule has 35 heavy (non-hydrogen) atoms. The molecule has 1 spiro atoms. The lowest BCUT2D eigenvalue weighted by molar-refractivity contribution is -0.137. The lowest BCUT2D eigenvalue weighted by Crippen LogP contribution is -2.48. The van der Waals surface area contributed by atoms with Crippen LogP contribution in [0.25, 0.3) is 0 Å². The van der Waals surface area contributed by atoms with Crippen molar-refractivity contribution in [1.82, 2.24) is 10.2 Å². The van der Waals surface area contributed by atoms with E-state index in [0.29, 0.717) is 38.2 Å². The van der Waals surface area contributed by atoms with Gasteiger partial charge in [-0.3, -0.25) is 9.59 Å². The summed E-state index contributed by atoms with van der Waals surface area (Å²) in [5, 5.41) is 12.1. The molecule has 3 aliphatic rings. The molecule has 5 rings (SSSR count). The van der Waals surface area contributed by atoms with Crippen molar-refractivity contribution in [2.24, 2.45) is 11.3 Å². The number of furan rings is 1. The number of amides is 2. The molecular formula is C25H25F3N4O3. The fourth-order valence-electron chi connectivity index (χ4n) is 5.35. The van der Waals surface area contributed by atoms with Crippen LogP contribution in [0.4, 0.5) is 18.9 Å². The Labute approximate surface area is 200 Å². The molecule has 1 aromatic carbocycles. The number of carbonyl (C=O) groups excluding carboxylic acids is 2. The van der Waals surface area contributed by atoms with Crippen molar-refractivity contribution < 1.29 is 27.2 Å². The fraction of sp³-hybridized carbons (Fsp3) is 0.480. The Balaban J connectivity index is 1.36. The number of nitriles is 1. The maximum atomic E-state index is 13.4. The number of anilines is 1. The van der Waals surface area contributed by atoms with E-state index in [2.05, 4.69) is 5.32 Å². The second-order valence-electron chi connectivity index (χ2n) is 9.69. The number of nitrogens with zero attached hydrogens (tertiary/aromatic N) is 3. The highest BCUT2D eigenvalue weighted by Crippen LogP contribution is 2.46. The van der Waals surface area contributed by atoms with Gasteiger partial charge in [0.2, 0.25) is 5.91 Å².